The van der Waals surface area contributed by atoms with Crippen LogP contribution in [0.5, 0.6) is 0 Å². The second-order valence-corrected chi connectivity index (χ2v) is 9.13. The number of piperidine rings is 1. The van der Waals surface area contributed by atoms with Gasteiger partial charge in [0.15, 0.2) is 0 Å². The third-order valence-corrected chi connectivity index (χ3v) is 7.03. The Morgan fingerprint density at radius 2 is 1.97 bits per heavy atom. The second kappa shape index (κ2) is 7.84. The molecule has 2 saturated heterocycles. The van der Waals surface area contributed by atoms with Gasteiger partial charge in [0.05, 0.1) is 23.5 Å². The largest absolute Gasteiger partial charge is 0.466 e. The third-order valence-electron chi connectivity index (χ3n) is 7.03. The van der Waals surface area contributed by atoms with E-state index in [-0.39, 0.29) is 5.91 Å². The van der Waals surface area contributed by atoms with Crippen molar-refractivity contribution in [1.29, 1.82) is 0 Å². The zero-order valence-corrected chi connectivity index (χ0v) is 18.9. The van der Waals surface area contributed by atoms with Gasteiger partial charge in [0, 0.05) is 55.6 Å². The molecule has 9 heteroatoms. The third kappa shape index (κ3) is 3.52. The summed E-state index contributed by atoms with van der Waals surface area (Å²) < 4.78 is 7.61. The predicted octanol–water partition coefficient (Wildman–Crippen LogP) is 3.19. The summed E-state index contributed by atoms with van der Waals surface area (Å²) in [5.74, 6) is 1.59. The Bertz CT molecular complexity index is 1310. The van der Waals surface area contributed by atoms with Gasteiger partial charge in [0.2, 0.25) is 0 Å². The number of hydrogen-bond acceptors (Lipinski definition) is 6. The molecule has 0 bridgehead atoms. The maximum Gasteiger partial charge on any atom is 0.257 e. The van der Waals surface area contributed by atoms with Crippen LogP contribution in [0, 0.1) is 13.8 Å². The molecule has 6 rings (SSSR count). The molecule has 0 aromatic carbocycles. The van der Waals surface area contributed by atoms with Crippen molar-refractivity contribution in [1.82, 2.24) is 34.5 Å². The normalized spacial score (nSPS) is 18.2. The van der Waals surface area contributed by atoms with Gasteiger partial charge in [-0.15, -0.1) is 0 Å². The molecule has 1 amide bonds. The smallest absolute Gasteiger partial charge is 0.257 e. The summed E-state index contributed by atoms with van der Waals surface area (Å²) in [5.41, 5.74) is 3.45. The lowest BCUT2D eigenvalue weighted by molar-refractivity contribution is 0.0197. The van der Waals surface area contributed by atoms with Gasteiger partial charge >= 0.3 is 0 Å². The van der Waals surface area contributed by atoms with Crippen LogP contribution in [0.15, 0.2) is 41.5 Å². The Morgan fingerprint density at radius 3 is 2.73 bits per heavy atom. The van der Waals surface area contributed by atoms with E-state index in [1.54, 1.807) is 6.33 Å². The van der Waals surface area contributed by atoms with E-state index in [2.05, 4.69) is 35.8 Å². The molecule has 1 N–H and O–H groups in total. The lowest BCUT2D eigenvalue weighted by atomic mass is 9.97. The number of rotatable bonds is 4. The summed E-state index contributed by atoms with van der Waals surface area (Å²) in [6, 6.07) is 4.75. The number of carbonyl (C=O) groups excluding carboxylic acids is 1. The SMILES string of the molecule is Cc1cc(C(=O)N2CCC(N3CC(n4cc(-c5ncnc6[nH]ccc56)cn4)C3)CC2)c(C)o1. The molecule has 2 fully saturated rings. The first-order valence-corrected chi connectivity index (χ1v) is 11.5. The number of aryl methyl sites for hydroxylation is 2. The molecule has 0 unspecified atom stereocenters. The van der Waals surface area contributed by atoms with Crippen molar-refractivity contribution in [3.05, 3.63) is 54.1 Å². The summed E-state index contributed by atoms with van der Waals surface area (Å²) in [4.78, 5) is 29.2. The van der Waals surface area contributed by atoms with Gasteiger partial charge in [-0.05, 0) is 38.8 Å². The predicted molar refractivity (Wildman–Crippen MR) is 123 cm³/mol. The van der Waals surface area contributed by atoms with E-state index >= 15 is 0 Å². The summed E-state index contributed by atoms with van der Waals surface area (Å²) in [7, 11) is 0. The monoisotopic (exact) mass is 445 g/mol. The molecule has 4 aromatic heterocycles. The molecular weight excluding hydrogens is 418 g/mol. The number of fused-ring (bicyclic) bond motifs is 1. The zero-order chi connectivity index (χ0) is 22.5. The first-order chi connectivity index (χ1) is 16.1. The van der Waals surface area contributed by atoms with Crippen LogP contribution in [0.2, 0.25) is 0 Å². The average molecular weight is 446 g/mol. The summed E-state index contributed by atoms with van der Waals surface area (Å²) in [6.07, 6.45) is 9.46. The Balaban J connectivity index is 1.05. The Hall–Kier alpha value is -3.46. The van der Waals surface area contributed by atoms with Crippen LogP contribution in [-0.4, -0.2) is 72.7 Å². The van der Waals surface area contributed by atoms with E-state index in [0.29, 0.717) is 23.4 Å². The quantitative estimate of drug-likeness (QED) is 0.518. The zero-order valence-electron chi connectivity index (χ0n) is 18.9. The minimum atomic E-state index is 0.0922. The molecule has 0 aliphatic carbocycles. The number of aromatic nitrogens is 5. The molecular formula is C24H27N7O2. The van der Waals surface area contributed by atoms with E-state index in [4.69, 9.17) is 4.42 Å². The number of aromatic amines is 1. The molecule has 2 aliphatic rings. The van der Waals surface area contributed by atoms with Crippen molar-refractivity contribution in [3.63, 3.8) is 0 Å². The van der Waals surface area contributed by atoms with Gasteiger partial charge in [-0.25, -0.2) is 9.97 Å². The van der Waals surface area contributed by atoms with Gasteiger partial charge < -0.3 is 14.3 Å². The first-order valence-electron chi connectivity index (χ1n) is 11.5. The summed E-state index contributed by atoms with van der Waals surface area (Å²) >= 11 is 0. The molecule has 0 spiro atoms. The van der Waals surface area contributed by atoms with Crippen molar-refractivity contribution in [3.8, 4) is 11.3 Å². The summed E-state index contributed by atoms with van der Waals surface area (Å²) in [6.45, 7) is 7.31. The van der Waals surface area contributed by atoms with Crippen LogP contribution in [0.25, 0.3) is 22.3 Å². The lowest BCUT2D eigenvalue weighted by Gasteiger charge is -2.47. The van der Waals surface area contributed by atoms with E-state index < -0.39 is 0 Å². The van der Waals surface area contributed by atoms with Crippen molar-refractivity contribution in [2.24, 2.45) is 0 Å². The molecule has 33 heavy (non-hydrogen) atoms. The van der Waals surface area contributed by atoms with Crippen molar-refractivity contribution < 1.29 is 9.21 Å². The highest BCUT2D eigenvalue weighted by atomic mass is 16.3. The van der Waals surface area contributed by atoms with Crippen molar-refractivity contribution >= 4 is 16.9 Å². The van der Waals surface area contributed by atoms with Crippen LogP contribution in [0.3, 0.4) is 0 Å². The van der Waals surface area contributed by atoms with Crippen LogP contribution < -0.4 is 0 Å². The molecule has 0 saturated carbocycles. The van der Waals surface area contributed by atoms with E-state index in [9.17, 15) is 4.79 Å². The van der Waals surface area contributed by atoms with E-state index in [1.807, 2.05) is 43.3 Å². The Kier molecular flexibility index (Phi) is 4.79. The van der Waals surface area contributed by atoms with E-state index in [0.717, 1.165) is 67.1 Å². The van der Waals surface area contributed by atoms with Crippen LogP contribution >= 0.6 is 0 Å². The van der Waals surface area contributed by atoms with Gasteiger partial charge in [0.25, 0.3) is 5.91 Å². The fraction of sp³-hybridized carbons (Fsp3) is 0.417. The Labute approximate surface area is 191 Å². The minimum Gasteiger partial charge on any atom is -0.466 e. The van der Waals surface area contributed by atoms with Gasteiger partial charge in [0.1, 0.15) is 23.5 Å². The highest BCUT2D eigenvalue weighted by Gasteiger charge is 2.36. The van der Waals surface area contributed by atoms with Gasteiger partial charge in [-0.3, -0.25) is 14.4 Å². The highest BCUT2D eigenvalue weighted by Crippen LogP contribution is 2.31. The molecule has 0 atom stereocenters. The van der Waals surface area contributed by atoms with Gasteiger partial charge in [-0.1, -0.05) is 0 Å². The molecule has 2 aliphatic heterocycles. The maximum atomic E-state index is 12.8. The number of nitrogens with zero attached hydrogens (tertiary/aromatic N) is 6. The molecule has 4 aromatic rings. The van der Waals surface area contributed by atoms with Crippen LogP contribution in [0.1, 0.15) is 40.8 Å². The van der Waals surface area contributed by atoms with Crippen LogP contribution in [-0.2, 0) is 0 Å². The number of carbonyl (C=O) groups is 1. The van der Waals surface area contributed by atoms with E-state index in [1.165, 1.54) is 0 Å². The second-order valence-electron chi connectivity index (χ2n) is 9.13. The number of furan rings is 1. The van der Waals surface area contributed by atoms with Crippen LogP contribution in [0.4, 0.5) is 0 Å². The fourth-order valence-electron chi connectivity index (χ4n) is 5.16. The average Bonchev–Trinajstić information content (AvgIpc) is 3.52. The van der Waals surface area contributed by atoms with Crippen molar-refractivity contribution in [2.75, 3.05) is 26.2 Å². The fourth-order valence-corrected chi connectivity index (χ4v) is 5.16. The van der Waals surface area contributed by atoms with Gasteiger partial charge in [-0.2, -0.15) is 5.10 Å². The number of hydrogen-bond donors (Lipinski definition) is 1. The number of likely N-dealkylation sites (tertiary alicyclic amines) is 2. The minimum absolute atomic E-state index is 0.0922. The molecule has 6 heterocycles. The first kappa shape index (κ1) is 20.2. The number of amides is 1. The number of H-pyrrole nitrogens is 1. The lowest BCUT2D eigenvalue weighted by Crippen LogP contribution is -2.56. The van der Waals surface area contributed by atoms with Crippen molar-refractivity contribution in [2.45, 2.75) is 38.8 Å². The molecule has 9 nitrogen and oxygen atoms in total. The number of nitrogens with one attached hydrogen (secondary N) is 1. The highest BCUT2D eigenvalue weighted by molar-refractivity contribution is 5.95. The molecule has 0 radical (unpaired) electrons. The topological polar surface area (TPSA) is 96.1 Å². The standard InChI is InChI=1S/C24H27N7O2/c1-15-9-21(16(2)33-15)24(32)29-7-4-18(5-8-29)30-12-19(13-30)31-11-17(10-28-31)22-20-3-6-25-23(20)27-14-26-22/h3,6,9-11,14,18-19H,4-5,7-8,12-13H2,1-2H3,(H,25,26,27). The molecule has 170 valence electrons. The Morgan fingerprint density at radius 1 is 1.15 bits per heavy atom. The summed E-state index contributed by atoms with van der Waals surface area (Å²) in [5, 5.41) is 5.63. The maximum absolute atomic E-state index is 12.8.